The molecule has 2 atom stereocenters. The Labute approximate surface area is 187 Å². The summed E-state index contributed by atoms with van der Waals surface area (Å²) in [5.41, 5.74) is 2.81. The van der Waals surface area contributed by atoms with E-state index in [1.165, 1.54) is 24.3 Å². The molecule has 1 heterocycles. The number of hydrogen-bond acceptors (Lipinski definition) is 2. The maximum atomic E-state index is 13.4. The van der Waals surface area contributed by atoms with Gasteiger partial charge in [-0.1, -0.05) is 54.6 Å². The fourth-order valence-electron chi connectivity index (χ4n) is 4.25. The molecule has 1 aliphatic rings. The van der Waals surface area contributed by atoms with Gasteiger partial charge in [0, 0.05) is 19.4 Å². The van der Waals surface area contributed by atoms with Crippen LogP contribution in [-0.2, 0) is 10.3 Å². The van der Waals surface area contributed by atoms with Crippen molar-refractivity contribution in [3.05, 3.63) is 108 Å². The van der Waals surface area contributed by atoms with Gasteiger partial charge in [0.25, 0.3) is 0 Å². The fraction of sp³-hybridized carbons (Fsp3) is 0.222. The summed E-state index contributed by atoms with van der Waals surface area (Å²) in [4.78, 5) is 14.7. The van der Waals surface area contributed by atoms with Gasteiger partial charge in [0.15, 0.2) is 0 Å². The molecule has 5 heteroatoms. The molecule has 3 nitrogen and oxygen atoms in total. The van der Waals surface area contributed by atoms with Gasteiger partial charge >= 0.3 is 6.09 Å². The Balaban J connectivity index is 1.51. The molecule has 3 aromatic rings. The van der Waals surface area contributed by atoms with Gasteiger partial charge in [0.2, 0.25) is 0 Å². The van der Waals surface area contributed by atoms with Gasteiger partial charge in [-0.05, 0) is 53.4 Å². The number of benzene rings is 3. The van der Waals surface area contributed by atoms with Crippen molar-refractivity contribution in [3.63, 3.8) is 0 Å². The zero-order chi connectivity index (χ0) is 22.7. The van der Waals surface area contributed by atoms with E-state index in [0.717, 1.165) is 22.3 Å². The predicted molar refractivity (Wildman–Crippen MR) is 121 cm³/mol. The molecule has 32 heavy (non-hydrogen) atoms. The van der Waals surface area contributed by atoms with E-state index < -0.39 is 11.7 Å². The second kappa shape index (κ2) is 8.95. The summed E-state index contributed by atoms with van der Waals surface area (Å²) in [7, 11) is 0. The van der Waals surface area contributed by atoms with Crippen molar-refractivity contribution >= 4 is 6.09 Å². The van der Waals surface area contributed by atoms with Crippen LogP contribution in [0, 0.1) is 11.6 Å². The maximum Gasteiger partial charge on any atom is 0.411 e. The number of halogens is 2. The zero-order valence-corrected chi connectivity index (χ0v) is 17.9. The van der Waals surface area contributed by atoms with Crippen LogP contribution in [0.5, 0.6) is 0 Å². The van der Waals surface area contributed by atoms with Crippen LogP contribution in [0.1, 0.15) is 36.9 Å². The van der Waals surface area contributed by atoms with Crippen molar-refractivity contribution in [2.75, 3.05) is 6.54 Å². The highest BCUT2D eigenvalue weighted by molar-refractivity contribution is 5.70. The Morgan fingerprint density at radius 2 is 1.50 bits per heavy atom. The first-order valence-electron chi connectivity index (χ1n) is 10.6. The zero-order valence-electron chi connectivity index (χ0n) is 17.9. The third kappa shape index (κ3) is 4.28. The molecule has 1 aliphatic heterocycles. The Bertz CT molecular complexity index is 1090. The third-order valence-corrected chi connectivity index (χ3v) is 6.16. The number of carbonyl (C=O) groups is 1. The van der Waals surface area contributed by atoms with Crippen LogP contribution in [0.25, 0.3) is 11.1 Å². The number of rotatable bonds is 6. The molecule has 0 bridgehead atoms. The fourth-order valence-corrected chi connectivity index (χ4v) is 4.25. The van der Waals surface area contributed by atoms with Gasteiger partial charge in [0.1, 0.15) is 17.2 Å². The standard InChI is InChI=1S/C27H25F2NO2/c1-3-16-27(23-10-14-25(29)15-11-23)17-18-30(26(31)32-27)19(2)20-4-6-21(7-5-20)22-8-12-24(28)13-9-22/h3-15,19H,1,16-18H2,2H3/t19-,27+/m0/s1. The summed E-state index contributed by atoms with van der Waals surface area (Å²) < 4.78 is 32.5. The lowest BCUT2D eigenvalue weighted by Crippen LogP contribution is -2.48. The quantitative estimate of drug-likeness (QED) is 0.392. The third-order valence-electron chi connectivity index (χ3n) is 6.16. The molecule has 1 fully saturated rings. The van der Waals surface area contributed by atoms with Gasteiger partial charge < -0.3 is 9.64 Å². The van der Waals surface area contributed by atoms with Gasteiger partial charge in [-0.2, -0.15) is 0 Å². The molecule has 4 rings (SSSR count). The van der Waals surface area contributed by atoms with E-state index >= 15 is 0 Å². The first-order valence-corrected chi connectivity index (χ1v) is 10.6. The maximum absolute atomic E-state index is 13.4. The lowest BCUT2D eigenvalue weighted by atomic mass is 9.85. The van der Waals surface area contributed by atoms with Gasteiger partial charge in [-0.15, -0.1) is 6.58 Å². The summed E-state index contributed by atoms with van der Waals surface area (Å²) >= 11 is 0. The van der Waals surface area contributed by atoms with E-state index in [0.29, 0.717) is 19.4 Å². The first-order chi connectivity index (χ1) is 15.4. The number of nitrogens with zero attached hydrogens (tertiary/aromatic N) is 1. The SMILES string of the molecule is C=CC[C@]1(c2ccc(F)cc2)CCN([C@@H](C)c2ccc(-c3ccc(F)cc3)cc2)C(=O)O1. The minimum absolute atomic E-state index is 0.181. The molecule has 0 radical (unpaired) electrons. The van der Waals surface area contributed by atoms with Crippen molar-refractivity contribution in [1.29, 1.82) is 0 Å². The average Bonchev–Trinajstić information content (AvgIpc) is 2.80. The van der Waals surface area contributed by atoms with E-state index in [9.17, 15) is 13.6 Å². The summed E-state index contributed by atoms with van der Waals surface area (Å²) in [5, 5.41) is 0. The van der Waals surface area contributed by atoms with E-state index in [2.05, 4.69) is 6.58 Å². The minimum Gasteiger partial charge on any atom is -0.437 e. The van der Waals surface area contributed by atoms with Crippen LogP contribution in [0.4, 0.5) is 13.6 Å². The minimum atomic E-state index is -0.838. The number of amides is 1. The van der Waals surface area contributed by atoms with E-state index in [1.807, 2.05) is 31.2 Å². The topological polar surface area (TPSA) is 29.5 Å². The smallest absolute Gasteiger partial charge is 0.411 e. The average molecular weight is 433 g/mol. The predicted octanol–water partition coefficient (Wildman–Crippen LogP) is 7.01. The molecule has 0 spiro atoms. The summed E-state index contributed by atoms with van der Waals surface area (Å²) in [5.74, 6) is -0.597. The molecule has 0 aromatic heterocycles. The molecule has 0 aliphatic carbocycles. The lowest BCUT2D eigenvalue weighted by Gasteiger charge is -2.43. The lowest BCUT2D eigenvalue weighted by molar-refractivity contribution is -0.0588. The number of carbonyl (C=O) groups excluding carboxylic acids is 1. The van der Waals surface area contributed by atoms with Crippen molar-refractivity contribution in [3.8, 4) is 11.1 Å². The second-order valence-corrected chi connectivity index (χ2v) is 8.11. The monoisotopic (exact) mass is 433 g/mol. The Kier molecular flexibility index (Phi) is 6.08. The van der Waals surface area contributed by atoms with Crippen molar-refractivity contribution in [1.82, 2.24) is 4.90 Å². The summed E-state index contributed by atoms with van der Waals surface area (Å²) in [6.07, 6.45) is 2.36. The number of hydrogen-bond donors (Lipinski definition) is 0. The highest BCUT2D eigenvalue weighted by Crippen LogP contribution is 2.40. The highest BCUT2D eigenvalue weighted by atomic mass is 19.1. The number of ether oxygens (including phenoxy) is 1. The van der Waals surface area contributed by atoms with Crippen molar-refractivity contribution in [2.45, 2.75) is 31.4 Å². The van der Waals surface area contributed by atoms with E-state index in [-0.39, 0.29) is 17.7 Å². The van der Waals surface area contributed by atoms with Crippen LogP contribution in [0.3, 0.4) is 0 Å². The normalized spacial score (nSPS) is 19.3. The van der Waals surface area contributed by atoms with Crippen LogP contribution in [0.15, 0.2) is 85.5 Å². The Morgan fingerprint density at radius 3 is 2.03 bits per heavy atom. The molecule has 1 amide bonds. The molecule has 3 aromatic carbocycles. The van der Waals surface area contributed by atoms with Crippen molar-refractivity contribution < 1.29 is 18.3 Å². The van der Waals surface area contributed by atoms with Crippen LogP contribution >= 0.6 is 0 Å². The van der Waals surface area contributed by atoms with Crippen LogP contribution < -0.4 is 0 Å². The molecular weight excluding hydrogens is 408 g/mol. The first kappa shape index (κ1) is 21.8. The molecule has 164 valence electrons. The highest BCUT2D eigenvalue weighted by Gasteiger charge is 2.42. The van der Waals surface area contributed by atoms with Gasteiger partial charge in [0.05, 0.1) is 6.04 Å². The molecule has 0 N–H and O–H groups in total. The molecule has 1 saturated heterocycles. The molecule has 0 unspecified atom stereocenters. The molecule has 0 saturated carbocycles. The second-order valence-electron chi connectivity index (χ2n) is 8.11. The summed E-state index contributed by atoms with van der Waals surface area (Å²) in [6, 6.07) is 20.2. The summed E-state index contributed by atoms with van der Waals surface area (Å²) in [6.45, 7) is 6.28. The van der Waals surface area contributed by atoms with E-state index in [4.69, 9.17) is 4.74 Å². The van der Waals surface area contributed by atoms with E-state index in [1.54, 1.807) is 35.2 Å². The Morgan fingerprint density at radius 1 is 0.969 bits per heavy atom. The van der Waals surface area contributed by atoms with Crippen LogP contribution in [-0.4, -0.2) is 17.5 Å². The Hall–Kier alpha value is -3.47. The van der Waals surface area contributed by atoms with Crippen LogP contribution in [0.2, 0.25) is 0 Å². The largest absolute Gasteiger partial charge is 0.437 e. The number of cyclic esters (lactones) is 1. The van der Waals surface area contributed by atoms with Crippen molar-refractivity contribution in [2.24, 2.45) is 0 Å². The van der Waals surface area contributed by atoms with Gasteiger partial charge in [-0.3, -0.25) is 0 Å². The van der Waals surface area contributed by atoms with Gasteiger partial charge in [-0.25, -0.2) is 13.6 Å². The molecular formula is C27H25F2NO2.